The van der Waals surface area contributed by atoms with E-state index in [4.69, 9.17) is 13.8 Å². The number of hydrogen-bond donors (Lipinski definition) is 0. The van der Waals surface area contributed by atoms with E-state index in [0.717, 1.165) is 11.1 Å². The minimum atomic E-state index is -3.55. The lowest BCUT2D eigenvalue weighted by atomic mass is 9.86. The molecule has 5 nitrogen and oxygen atoms in total. The molecule has 0 fully saturated rings. The summed E-state index contributed by atoms with van der Waals surface area (Å²) < 4.78 is 28.8. The normalized spacial score (nSPS) is 13.6. The van der Waals surface area contributed by atoms with Crippen molar-refractivity contribution in [3.8, 4) is 5.75 Å². The predicted octanol–water partition coefficient (Wildman–Crippen LogP) is 4.85. The Kier molecular flexibility index (Phi) is 7.21. The van der Waals surface area contributed by atoms with E-state index in [2.05, 4.69) is 0 Å². The van der Waals surface area contributed by atoms with Gasteiger partial charge >= 0.3 is 13.6 Å². The summed E-state index contributed by atoms with van der Waals surface area (Å²) in [5.74, 6) is -0.129. The van der Waals surface area contributed by atoms with E-state index < -0.39 is 19.2 Å². The molecule has 6 heteroatoms. The highest BCUT2D eigenvalue weighted by molar-refractivity contribution is 7.55. The van der Waals surface area contributed by atoms with Crippen LogP contribution in [0.2, 0.25) is 0 Å². The van der Waals surface area contributed by atoms with Crippen molar-refractivity contribution in [3.63, 3.8) is 0 Å². The second kappa shape index (κ2) is 8.28. The van der Waals surface area contributed by atoms with E-state index in [9.17, 15) is 9.36 Å². The largest absolute Gasteiger partial charge is 0.426 e. The van der Waals surface area contributed by atoms with Crippen molar-refractivity contribution in [2.75, 3.05) is 13.2 Å². The fourth-order valence-electron chi connectivity index (χ4n) is 2.28. The Bertz CT molecular complexity index is 608. The van der Waals surface area contributed by atoms with E-state index >= 15 is 0 Å². The van der Waals surface area contributed by atoms with Crippen LogP contribution in [0.5, 0.6) is 5.75 Å². The maximum atomic E-state index is 12.7. The van der Waals surface area contributed by atoms with Gasteiger partial charge in [0.15, 0.2) is 5.66 Å². The molecular formula is C18H29O5P. The molecule has 0 aromatic heterocycles. The van der Waals surface area contributed by atoms with E-state index in [0.29, 0.717) is 5.75 Å². The quantitative estimate of drug-likeness (QED) is 0.397. The second-order valence-corrected chi connectivity index (χ2v) is 9.09. The van der Waals surface area contributed by atoms with Gasteiger partial charge in [0.1, 0.15) is 5.75 Å². The topological polar surface area (TPSA) is 61.8 Å². The molecule has 0 bridgehead atoms. The van der Waals surface area contributed by atoms with Crippen molar-refractivity contribution >= 4 is 13.6 Å². The summed E-state index contributed by atoms with van der Waals surface area (Å²) in [4.78, 5) is 12.5. The molecule has 0 heterocycles. The number of esters is 1. The Morgan fingerprint density at radius 1 is 1.17 bits per heavy atom. The second-order valence-electron chi connectivity index (χ2n) is 6.72. The third-order valence-corrected chi connectivity index (χ3v) is 5.98. The number of carbonyl (C=O) groups excluding carboxylic acids is 1. The first-order chi connectivity index (χ1) is 11.0. The molecule has 136 valence electrons. The van der Waals surface area contributed by atoms with Gasteiger partial charge in [0.05, 0.1) is 13.2 Å². The van der Waals surface area contributed by atoms with Crippen molar-refractivity contribution in [3.05, 3.63) is 29.3 Å². The molecular weight excluding hydrogens is 327 g/mol. The van der Waals surface area contributed by atoms with Crippen LogP contribution in [0.25, 0.3) is 0 Å². The SMILES string of the molecule is CCOP(=O)(OCC)C(C)C(=O)Oc1cc(C)ccc1C(C)(C)C. The molecule has 0 aliphatic rings. The Morgan fingerprint density at radius 2 is 1.71 bits per heavy atom. The van der Waals surface area contributed by atoms with Gasteiger partial charge in [-0.25, -0.2) is 0 Å². The van der Waals surface area contributed by atoms with E-state index in [1.54, 1.807) is 13.8 Å². The Labute approximate surface area is 145 Å². The average molecular weight is 356 g/mol. The van der Waals surface area contributed by atoms with Crippen LogP contribution in [0.1, 0.15) is 52.7 Å². The van der Waals surface area contributed by atoms with Crippen molar-refractivity contribution in [1.82, 2.24) is 0 Å². The smallest absolute Gasteiger partial charge is 0.344 e. The zero-order chi connectivity index (χ0) is 18.5. The predicted molar refractivity (Wildman–Crippen MR) is 95.8 cm³/mol. The zero-order valence-corrected chi connectivity index (χ0v) is 16.6. The van der Waals surface area contributed by atoms with Crippen molar-refractivity contribution in [2.45, 2.75) is 59.5 Å². The molecule has 24 heavy (non-hydrogen) atoms. The first-order valence-corrected chi connectivity index (χ1v) is 9.88. The summed E-state index contributed by atoms with van der Waals surface area (Å²) in [6, 6.07) is 5.75. The van der Waals surface area contributed by atoms with Gasteiger partial charge < -0.3 is 13.8 Å². The Morgan fingerprint density at radius 3 is 2.17 bits per heavy atom. The van der Waals surface area contributed by atoms with Crippen LogP contribution < -0.4 is 4.74 Å². The standard InChI is InChI=1S/C18H29O5P/c1-8-21-24(20,22-9-2)14(4)17(19)23-16-12-13(3)10-11-15(16)18(5,6)7/h10-12,14H,8-9H2,1-7H3. The lowest BCUT2D eigenvalue weighted by Gasteiger charge is -2.25. The fourth-order valence-corrected chi connectivity index (χ4v) is 3.83. The molecule has 0 radical (unpaired) electrons. The lowest BCUT2D eigenvalue weighted by molar-refractivity contribution is -0.134. The van der Waals surface area contributed by atoms with E-state index in [-0.39, 0.29) is 18.6 Å². The molecule has 0 aliphatic carbocycles. The lowest BCUT2D eigenvalue weighted by Crippen LogP contribution is -2.26. The first kappa shape index (κ1) is 20.9. The molecule has 1 atom stereocenters. The van der Waals surface area contributed by atoms with Gasteiger partial charge in [-0.15, -0.1) is 0 Å². The van der Waals surface area contributed by atoms with Gasteiger partial charge in [-0.3, -0.25) is 9.36 Å². The monoisotopic (exact) mass is 356 g/mol. The zero-order valence-electron chi connectivity index (χ0n) is 15.7. The summed E-state index contributed by atoms with van der Waals surface area (Å²) in [6.07, 6.45) is 0. The molecule has 0 aliphatic heterocycles. The van der Waals surface area contributed by atoms with Gasteiger partial charge in [-0.1, -0.05) is 32.9 Å². The van der Waals surface area contributed by atoms with Gasteiger partial charge in [-0.2, -0.15) is 0 Å². The summed E-state index contributed by atoms with van der Waals surface area (Å²) >= 11 is 0. The van der Waals surface area contributed by atoms with Gasteiger partial charge in [0, 0.05) is 5.56 Å². The van der Waals surface area contributed by atoms with Gasteiger partial charge in [0.25, 0.3) is 0 Å². The van der Waals surface area contributed by atoms with Crippen LogP contribution in [0.15, 0.2) is 18.2 Å². The number of ether oxygens (including phenoxy) is 1. The summed E-state index contributed by atoms with van der Waals surface area (Å²) in [5, 5.41) is 0. The average Bonchev–Trinajstić information content (AvgIpc) is 2.45. The third-order valence-electron chi connectivity index (χ3n) is 3.59. The van der Waals surface area contributed by atoms with Crippen molar-refractivity contribution < 1.29 is 23.1 Å². The fraction of sp³-hybridized carbons (Fsp3) is 0.611. The maximum Gasteiger partial charge on any atom is 0.344 e. The molecule has 1 unspecified atom stereocenters. The summed E-state index contributed by atoms with van der Waals surface area (Å²) in [7, 11) is -3.55. The van der Waals surface area contributed by atoms with Gasteiger partial charge in [0.2, 0.25) is 0 Å². The highest BCUT2D eigenvalue weighted by Crippen LogP contribution is 2.53. The first-order valence-electron chi connectivity index (χ1n) is 8.26. The number of rotatable bonds is 7. The van der Waals surface area contributed by atoms with Gasteiger partial charge in [-0.05, 0) is 44.7 Å². The Balaban J connectivity index is 3.10. The highest BCUT2D eigenvalue weighted by atomic mass is 31.2. The molecule has 0 amide bonds. The van der Waals surface area contributed by atoms with Crippen LogP contribution >= 0.6 is 7.60 Å². The van der Waals surface area contributed by atoms with Crippen LogP contribution in [0.4, 0.5) is 0 Å². The minimum Gasteiger partial charge on any atom is -0.426 e. The van der Waals surface area contributed by atoms with Crippen LogP contribution in [-0.4, -0.2) is 24.8 Å². The number of carbonyl (C=O) groups is 1. The van der Waals surface area contributed by atoms with Crippen LogP contribution in [0, 0.1) is 6.92 Å². The van der Waals surface area contributed by atoms with Crippen LogP contribution in [0.3, 0.4) is 0 Å². The Hall–Kier alpha value is -1.16. The number of benzene rings is 1. The molecule has 0 spiro atoms. The third kappa shape index (κ3) is 5.17. The summed E-state index contributed by atoms with van der Waals surface area (Å²) in [6.45, 7) is 13.4. The number of hydrogen-bond acceptors (Lipinski definition) is 5. The van der Waals surface area contributed by atoms with Crippen LogP contribution in [-0.2, 0) is 23.8 Å². The highest BCUT2D eigenvalue weighted by Gasteiger charge is 2.39. The minimum absolute atomic E-state index is 0.184. The molecule has 1 rings (SSSR count). The van der Waals surface area contributed by atoms with E-state index in [1.807, 2.05) is 45.9 Å². The van der Waals surface area contributed by atoms with Crippen molar-refractivity contribution in [1.29, 1.82) is 0 Å². The maximum absolute atomic E-state index is 12.7. The van der Waals surface area contributed by atoms with Crippen molar-refractivity contribution in [2.24, 2.45) is 0 Å². The molecule has 1 aromatic carbocycles. The molecule has 0 saturated heterocycles. The number of aryl methyl sites for hydroxylation is 1. The molecule has 0 N–H and O–H groups in total. The molecule has 1 aromatic rings. The van der Waals surface area contributed by atoms with E-state index in [1.165, 1.54) is 6.92 Å². The summed E-state index contributed by atoms with van der Waals surface area (Å²) in [5.41, 5.74) is 0.717. The molecule has 0 saturated carbocycles.